The number of rotatable bonds is 8. The SMILES string of the molecule is COCC(C)OC(=O)CSc1ccc(CC(=O)O)cc1. The highest BCUT2D eigenvalue weighted by Crippen LogP contribution is 2.19. The van der Waals surface area contributed by atoms with Crippen molar-refractivity contribution in [1.29, 1.82) is 0 Å². The summed E-state index contributed by atoms with van der Waals surface area (Å²) in [7, 11) is 1.55. The molecule has 0 aliphatic heterocycles. The van der Waals surface area contributed by atoms with Gasteiger partial charge in [0.25, 0.3) is 0 Å². The largest absolute Gasteiger partial charge is 0.481 e. The molecule has 0 fully saturated rings. The van der Waals surface area contributed by atoms with Gasteiger partial charge in [0.2, 0.25) is 0 Å². The van der Waals surface area contributed by atoms with Crippen LogP contribution < -0.4 is 0 Å². The van der Waals surface area contributed by atoms with E-state index in [-0.39, 0.29) is 24.2 Å². The van der Waals surface area contributed by atoms with Crippen molar-refractivity contribution in [2.45, 2.75) is 24.3 Å². The first-order valence-corrected chi connectivity index (χ1v) is 7.11. The number of methoxy groups -OCH3 is 1. The third kappa shape index (κ3) is 6.58. The summed E-state index contributed by atoms with van der Waals surface area (Å²) in [5.74, 6) is -0.943. The zero-order valence-electron chi connectivity index (χ0n) is 11.5. The van der Waals surface area contributed by atoms with Crippen LogP contribution in [0.25, 0.3) is 0 Å². The Bertz CT molecular complexity index is 443. The predicted octanol–water partition coefficient (Wildman–Crippen LogP) is 1.98. The molecule has 0 heterocycles. The molecule has 0 spiro atoms. The summed E-state index contributed by atoms with van der Waals surface area (Å²) in [5.41, 5.74) is 0.734. The van der Waals surface area contributed by atoms with Gasteiger partial charge in [-0.2, -0.15) is 0 Å². The fourth-order valence-corrected chi connectivity index (χ4v) is 2.23. The van der Waals surface area contributed by atoms with E-state index in [1.165, 1.54) is 11.8 Å². The number of ether oxygens (including phenoxy) is 2. The van der Waals surface area contributed by atoms with Crippen molar-refractivity contribution in [3.63, 3.8) is 0 Å². The Morgan fingerprint density at radius 3 is 2.50 bits per heavy atom. The van der Waals surface area contributed by atoms with E-state index in [2.05, 4.69) is 0 Å². The van der Waals surface area contributed by atoms with Crippen LogP contribution in [0, 0.1) is 0 Å². The zero-order chi connectivity index (χ0) is 15.0. The third-order valence-electron chi connectivity index (χ3n) is 2.37. The molecule has 110 valence electrons. The van der Waals surface area contributed by atoms with Gasteiger partial charge in [-0.15, -0.1) is 11.8 Å². The van der Waals surface area contributed by atoms with E-state index in [0.29, 0.717) is 6.61 Å². The number of carboxylic acids is 1. The maximum absolute atomic E-state index is 11.5. The average Bonchev–Trinajstić information content (AvgIpc) is 2.37. The zero-order valence-corrected chi connectivity index (χ0v) is 12.3. The minimum Gasteiger partial charge on any atom is -0.481 e. The molecule has 1 aromatic rings. The van der Waals surface area contributed by atoms with Gasteiger partial charge in [-0.25, -0.2) is 0 Å². The topological polar surface area (TPSA) is 72.8 Å². The van der Waals surface area contributed by atoms with Crippen molar-refractivity contribution in [1.82, 2.24) is 0 Å². The Balaban J connectivity index is 2.38. The average molecular weight is 298 g/mol. The number of carbonyl (C=O) groups is 2. The van der Waals surface area contributed by atoms with Crippen LogP contribution in [0.5, 0.6) is 0 Å². The smallest absolute Gasteiger partial charge is 0.316 e. The van der Waals surface area contributed by atoms with E-state index in [1.807, 2.05) is 0 Å². The predicted molar refractivity (Wildman–Crippen MR) is 75.9 cm³/mol. The quantitative estimate of drug-likeness (QED) is 0.584. The molecule has 5 nitrogen and oxygen atoms in total. The van der Waals surface area contributed by atoms with Crippen LogP contribution in [0.15, 0.2) is 29.2 Å². The maximum atomic E-state index is 11.5. The van der Waals surface area contributed by atoms with Gasteiger partial charge in [0.05, 0.1) is 18.8 Å². The van der Waals surface area contributed by atoms with E-state index >= 15 is 0 Å². The van der Waals surface area contributed by atoms with Crippen LogP contribution in [0.3, 0.4) is 0 Å². The summed E-state index contributed by atoms with van der Waals surface area (Å²) >= 11 is 1.35. The first-order valence-electron chi connectivity index (χ1n) is 6.13. The van der Waals surface area contributed by atoms with Gasteiger partial charge in [0.1, 0.15) is 6.10 Å². The Morgan fingerprint density at radius 2 is 1.95 bits per heavy atom. The van der Waals surface area contributed by atoms with Crippen molar-refractivity contribution in [2.24, 2.45) is 0 Å². The molecular weight excluding hydrogens is 280 g/mol. The van der Waals surface area contributed by atoms with E-state index in [1.54, 1.807) is 38.3 Å². The summed E-state index contributed by atoms with van der Waals surface area (Å²) in [6.45, 7) is 2.15. The molecule has 0 bridgehead atoms. The Morgan fingerprint density at radius 1 is 1.30 bits per heavy atom. The number of hydrogen-bond donors (Lipinski definition) is 1. The molecular formula is C14H18O5S. The lowest BCUT2D eigenvalue weighted by Gasteiger charge is -2.11. The minimum absolute atomic E-state index is 0.00151. The molecule has 0 aliphatic rings. The second-order valence-electron chi connectivity index (χ2n) is 4.26. The van der Waals surface area contributed by atoms with Gasteiger partial charge >= 0.3 is 11.9 Å². The van der Waals surface area contributed by atoms with Crippen molar-refractivity contribution in [3.8, 4) is 0 Å². The molecule has 20 heavy (non-hydrogen) atoms. The molecule has 1 rings (SSSR count). The number of aliphatic carboxylic acids is 1. The minimum atomic E-state index is -0.860. The molecule has 0 saturated heterocycles. The van der Waals surface area contributed by atoms with E-state index in [4.69, 9.17) is 14.6 Å². The highest BCUT2D eigenvalue weighted by atomic mass is 32.2. The second kappa shape index (κ2) is 8.60. The lowest BCUT2D eigenvalue weighted by Crippen LogP contribution is -2.20. The van der Waals surface area contributed by atoms with Crippen molar-refractivity contribution < 1.29 is 24.2 Å². The summed E-state index contributed by atoms with van der Waals surface area (Å²) in [4.78, 5) is 23.0. The normalized spacial score (nSPS) is 11.9. The number of thioether (sulfide) groups is 1. The van der Waals surface area contributed by atoms with E-state index in [0.717, 1.165) is 10.5 Å². The Kier molecular flexibility index (Phi) is 7.11. The summed E-state index contributed by atoms with van der Waals surface area (Å²) in [6.07, 6.45) is -0.257. The third-order valence-corrected chi connectivity index (χ3v) is 3.35. The van der Waals surface area contributed by atoms with Crippen LogP contribution >= 0.6 is 11.8 Å². The fraction of sp³-hybridized carbons (Fsp3) is 0.429. The molecule has 0 aromatic heterocycles. The highest BCUT2D eigenvalue weighted by molar-refractivity contribution is 8.00. The summed E-state index contributed by atoms with van der Waals surface area (Å²) < 4.78 is 10.0. The van der Waals surface area contributed by atoms with Gasteiger partial charge in [-0.1, -0.05) is 12.1 Å². The lowest BCUT2D eigenvalue weighted by molar-refractivity contribution is -0.147. The molecule has 1 unspecified atom stereocenters. The molecule has 0 saturated carbocycles. The summed E-state index contributed by atoms with van der Waals surface area (Å²) in [6, 6.07) is 7.09. The van der Waals surface area contributed by atoms with Gasteiger partial charge < -0.3 is 14.6 Å². The second-order valence-corrected chi connectivity index (χ2v) is 5.31. The molecule has 0 amide bonds. The monoisotopic (exact) mass is 298 g/mol. The molecule has 0 radical (unpaired) electrons. The molecule has 0 aliphatic carbocycles. The highest BCUT2D eigenvalue weighted by Gasteiger charge is 2.09. The first kappa shape index (κ1) is 16.5. The van der Waals surface area contributed by atoms with Crippen LogP contribution in [-0.4, -0.2) is 42.6 Å². The van der Waals surface area contributed by atoms with Gasteiger partial charge in [-0.3, -0.25) is 9.59 Å². The van der Waals surface area contributed by atoms with Gasteiger partial charge in [0, 0.05) is 12.0 Å². The van der Waals surface area contributed by atoms with Crippen molar-refractivity contribution in [2.75, 3.05) is 19.5 Å². The van der Waals surface area contributed by atoms with Gasteiger partial charge in [-0.05, 0) is 24.6 Å². The Hall–Kier alpha value is -1.53. The van der Waals surface area contributed by atoms with Crippen LogP contribution in [-0.2, 0) is 25.5 Å². The standard InChI is InChI=1S/C14H18O5S/c1-10(8-18-2)19-14(17)9-20-12-5-3-11(4-6-12)7-13(15)16/h3-6,10H,7-9H2,1-2H3,(H,15,16). The molecule has 1 atom stereocenters. The first-order chi connectivity index (χ1) is 9.51. The summed E-state index contributed by atoms with van der Waals surface area (Å²) in [5, 5.41) is 8.66. The Labute approximate surface area is 122 Å². The number of benzene rings is 1. The molecule has 1 N–H and O–H groups in total. The van der Waals surface area contributed by atoms with Crippen LogP contribution in [0.4, 0.5) is 0 Å². The van der Waals surface area contributed by atoms with Gasteiger partial charge in [0.15, 0.2) is 0 Å². The number of esters is 1. The maximum Gasteiger partial charge on any atom is 0.316 e. The van der Waals surface area contributed by atoms with Crippen LogP contribution in [0.2, 0.25) is 0 Å². The lowest BCUT2D eigenvalue weighted by atomic mass is 10.2. The van der Waals surface area contributed by atoms with E-state index < -0.39 is 5.97 Å². The molecule has 6 heteroatoms. The fourth-order valence-electron chi connectivity index (χ4n) is 1.55. The number of hydrogen-bond acceptors (Lipinski definition) is 5. The number of carboxylic acid groups (broad SMARTS) is 1. The molecule has 1 aromatic carbocycles. The van der Waals surface area contributed by atoms with Crippen LogP contribution in [0.1, 0.15) is 12.5 Å². The van der Waals surface area contributed by atoms with Crippen molar-refractivity contribution in [3.05, 3.63) is 29.8 Å². The van der Waals surface area contributed by atoms with Crippen molar-refractivity contribution >= 4 is 23.7 Å². The number of carbonyl (C=O) groups excluding carboxylic acids is 1. The van der Waals surface area contributed by atoms with E-state index in [9.17, 15) is 9.59 Å².